The molecule has 0 unspecified atom stereocenters. The van der Waals surface area contributed by atoms with Crippen LogP contribution in [0, 0.1) is 0 Å². The Bertz CT molecular complexity index is 307. The molecule has 0 atom stereocenters. The van der Waals surface area contributed by atoms with E-state index in [1.807, 2.05) is 14.1 Å². The summed E-state index contributed by atoms with van der Waals surface area (Å²) in [6.45, 7) is 5.83. The fourth-order valence-corrected chi connectivity index (χ4v) is 3.28. The van der Waals surface area contributed by atoms with Crippen LogP contribution in [0.5, 0.6) is 0 Å². The quantitative estimate of drug-likeness (QED) is 0.278. The average molecular weight is 292 g/mol. The summed E-state index contributed by atoms with van der Waals surface area (Å²) in [6, 6.07) is 0.669. The van der Waals surface area contributed by atoms with Crippen molar-refractivity contribution in [3.8, 4) is 0 Å². The summed E-state index contributed by atoms with van der Waals surface area (Å²) in [4.78, 5) is 16.8. The van der Waals surface area contributed by atoms with E-state index in [0.717, 1.165) is 6.42 Å². The minimum absolute atomic E-state index is 0.132. The van der Waals surface area contributed by atoms with E-state index in [-0.39, 0.29) is 4.65 Å². The molecule has 0 saturated heterocycles. The maximum absolute atomic E-state index is 11.5. The van der Waals surface area contributed by atoms with Gasteiger partial charge in [-0.2, -0.15) is 0 Å². The van der Waals surface area contributed by atoms with Crippen LogP contribution in [0.3, 0.4) is 0 Å². The fraction of sp³-hybridized carbons (Fsp3) is 0.750. The molecule has 0 rings (SSSR count). The zero-order valence-electron chi connectivity index (χ0n) is 12.8. The standard InChI is InChI=1S/C12H26NO5Si/c1-11(2)12(14)18-13(3,4)9-8-10-19(15-5,16-6)17-7/h1,8-10H2,2-7H3/q+1. The molecule has 0 aromatic rings. The van der Waals surface area contributed by atoms with Crippen LogP contribution in [-0.4, -0.2) is 61.4 Å². The van der Waals surface area contributed by atoms with Crippen LogP contribution in [0.25, 0.3) is 0 Å². The van der Waals surface area contributed by atoms with Crippen molar-refractivity contribution < 1.29 is 27.6 Å². The van der Waals surface area contributed by atoms with Crippen LogP contribution < -0.4 is 0 Å². The molecule has 0 aromatic heterocycles. The average Bonchev–Trinajstić information content (AvgIpc) is 2.34. The number of hydrogen-bond donors (Lipinski definition) is 0. The van der Waals surface area contributed by atoms with Crippen molar-refractivity contribution >= 4 is 14.8 Å². The molecule has 0 aliphatic heterocycles. The van der Waals surface area contributed by atoms with E-state index in [1.54, 1.807) is 28.3 Å². The number of nitrogens with zero attached hydrogens (tertiary/aromatic N) is 1. The summed E-state index contributed by atoms with van der Waals surface area (Å²) >= 11 is 0. The van der Waals surface area contributed by atoms with Gasteiger partial charge in [0.1, 0.15) is 20.6 Å². The summed E-state index contributed by atoms with van der Waals surface area (Å²) in [5, 5.41) is 0. The van der Waals surface area contributed by atoms with Gasteiger partial charge in [0.05, 0.1) is 0 Å². The highest BCUT2D eigenvalue weighted by molar-refractivity contribution is 6.60. The normalized spacial score (nSPS) is 12.3. The van der Waals surface area contributed by atoms with Crippen molar-refractivity contribution in [1.82, 2.24) is 0 Å². The molecule has 6 nitrogen and oxygen atoms in total. The summed E-state index contributed by atoms with van der Waals surface area (Å²) < 4.78 is 16.1. The van der Waals surface area contributed by atoms with E-state index in [2.05, 4.69) is 6.58 Å². The Kier molecular flexibility index (Phi) is 7.46. The van der Waals surface area contributed by atoms with E-state index in [4.69, 9.17) is 18.1 Å². The first-order valence-corrected chi connectivity index (χ1v) is 8.03. The van der Waals surface area contributed by atoms with Crippen molar-refractivity contribution in [3.05, 3.63) is 12.2 Å². The molecule has 0 N–H and O–H groups in total. The Balaban J connectivity index is 4.31. The van der Waals surface area contributed by atoms with Gasteiger partial charge in [0.2, 0.25) is 0 Å². The Hall–Kier alpha value is -0.733. The second-order valence-electron chi connectivity index (χ2n) is 4.86. The predicted octanol–water partition coefficient (Wildman–Crippen LogP) is 1.37. The molecule has 0 radical (unpaired) electrons. The maximum atomic E-state index is 11.5. The minimum atomic E-state index is -2.55. The molecule has 0 spiro atoms. The highest BCUT2D eigenvalue weighted by Gasteiger charge is 2.38. The highest BCUT2D eigenvalue weighted by Crippen LogP contribution is 2.16. The lowest BCUT2D eigenvalue weighted by atomic mass is 10.4. The Morgan fingerprint density at radius 1 is 1.16 bits per heavy atom. The molecule has 0 aliphatic carbocycles. The van der Waals surface area contributed by atoms with Crippen molar-refractivity contribution in [2.24, 2.45) is 0 Å². The van der Waals surface area contributed by atoms with Crippen LogP contribution in [0.4, 0.5) is 0 Å². The van der Waals surface area contributed by atoms with Crippen LogP contribution >= 0.6 is 0 Å². The smallest absolute Gasteiger partial charge is 0.377 e. The summed E-state index contributed by atoms with van der Waals surface area (Å²) in [6.07, 6.45) is 0.762. The lowest BCUT2D eigenvalue weighted by molar-refractivity contribution is -1.06. The van der Waals surface area contributed by atoms with Gasteiger partial charge >= 0.3 is 14.8 Å². The largest absolute Gasteiger partial charge is 0.500 e. The first-order chi connectivity index (χ1) is 8.72. The zero-order valence-corrected chi connectivity index (χ0v) is 13.8. The fourth-order valence-electron chi connectivity index (χ4n) is 1.58. The van der Waals surface area contributed by atoms with E-state index in [1.165, 1.54) is 0 Å². The first kappa shape index (κ1) is 18.3. The number of hydroxylamine groups is 3. The SMILES string of the molecule is C=C(C)C(=O)O[N+](C)(C)CCC[Si](OC)(OC)OC. The van der Waals surface area contributed by atoms with Gasteiger partial charge in [-0.1, -0.05) is 6.58 Å². The van der Waals surface area contributed by atoms with Crippen molar-refractivity contribution in [1.29, 1.82) is 0 Å². The van der Waals surface area contributed by atoms with Crippen LogP contribution in [0.2, 0.25) is 6.04 Å². The molecular formula is C12H26NO5Si+. The molecule has 0 saturated carbocycles. The van der Waals surface area contributed by atoms with Gasteiger partial charge in [-0.3, -0.25) is 4.84 Å². The number of rotatable bonds is 9. The number of carbonyl (C=O) groups excluding carboxylic acids is 1. The molecular weight excluding hydrogens is 266 g/mol. The summed E-state index contributed by atoms with van der Waals surface area (Å²) in [5.74, 6) is -0.390. The van der Waals surface area contributed by atoms with Gasteiger partial charge in [-0.05, 0) is 6.92 Å². The summed E-state index contributed by atoms with van der Waals surface area (Å²) in [7, 11) is 5.84. The van der Waals surface area contributed by atoms with Crippen molar-refractivity contribution in [2.45, 2.75) is 19.4 Å². The minimum Gasteiger partial charge on any atom is -0.377 e. The Labute approximate surface area is 116 Å². The first-order valence-electron chi connectivity index (χ1n) is 6.10. The van der Waals surface area contributed by atoms with E-state index < -0.39 is 14.8 Å². The van der Waals surface area contributed by atoms with E-state index >= 15 is 0 Å². The second-order valence-corrected chi connectivity index (χ2v) is 7.95. The topological polar surface area (TPSA) is 54.0 Å². The van der Waals surface area contributed by atoms with E-state index in [0.29, 0.717) is 18.2 Å². The predicted molar refractivity (Wildman–Crippen MR) is 74.1 cm³/mol. The second kappa shape index (κ2) is 7.76. The van der Waals surface area contributed by atoms with Crippen LogP contribution in [0.1, 0.15) is 13.3 Å². The third-order valence-corrected chi connectivity index (χ3v) is 5.62. The van der Waals surface area contributed by atoms with Gasteiger partial charge in [0.25, 0.3) is 0 Å². The third kappa shape index (κ3) is 6.30. The van der Waals surface area contributed by atoms with Crippen molar-refractivity contribution in [3.63, 3.8) is 0 Å². The third-order valence-electron chi connectivity index (χ3n) is 2.79. The number of carbonyl (C=O) groups is 1. The van der Waals surface area contributed by atoms with E-state index in [9.17, 15) is 4.79 Å². The lowest BCUT2D eigenvalue weighted by Gasteiger charge is -2.28. The molecule has 7 heteroatoms. The van der Waals surface area contributed by atoms with Gasteiger partial charge in [0, 0.05) is 39.4 Å². The molecule has 19 heavy (non-hydrogen) atoms. The van der Waals surface area contributed by atoms with Crippen molar-refractivity contribution in [2.75, 3.05) is 42.0 Å². The van der Waals surface area contributed by atoms with Gasteiger partial charge in [0.15, 0.2) is 0 Å². The lowest BCUT2D eigenvalue weighted by Crippen LogP contribution is -2.46. The van der Waals surface area contributed by atoms with Gasteiger partial charge in [-0.25, -0.2) is 4.79 Å². The molecule has 0 heterocycles. The highest BCUT2D eigenvalue weighted by atomic mass is 28.4. The molecule has 0 aliphatic rings. The molecule has 112 valence electrons. The molecule has 0 aromatic carbocycles. The van der Waals surface area contributed by atoms with Gasteiger partial charge in [-0.15, -0.1) is 4.65 Å². The Morgan fingerprint density at radius 2 is 1.63 bits per heavy atom. The van der Waals surface area contributed by atoms with Crippen LogP contribution in [0.15, 0.2) is 12.2 Å². The Morgan fingerprint density at radius 3 is 2.00 bits per heavy atom. The maximum Gasteiger partial charge on any atom is 0.500 e. The van der Waals surface area contributed by atoms with Crippen LogP contribution in [-0.2, 0) is 22.9 Å². The molecule has 0 fully saturated rings. The number of quaternary nitrogens is 1. The monoisotopic (exact) mass is 292 g/mol. The van der Waals surface area contributed by atoms with Gasteiger partial charge < -0.3 is 13.3 Å². The summed E-state index contributed by atoms with van der Waals surface area (Å²) in [5.41, 5.74) is 0.389. The molecule has 0 bridgehead atoms. The zero-order chi connectivity index (χ0) is 15.1. The number of hydrogen-bond acceptors (Lipinski definition) is 5. The molecule has 0 amide bonds.